The van der Waals surface area contributed by atoms with Gasteiger partial charge in [-0.1, -0.05) is 73.5 Å². The van der Waals surface area contributed by atoms with Crippen LogP contribution in [0.3, 0.4) is 0 Å². The first kappa shape index (κ1) is 36.4. The summed E-state index contributed by atoms with van der Waals surface area (Å²) in [6, 6.07) is 22.3. The Labute approximate surface area is 295 Å². The first-order chi connectivity index (χ1) is 22.5. The van der Waals surface area contributed by atoms with Crippen molar-refractivity contribution in [1.82, 2.24) is 0 Å². The molecule has 5 N–H and O–H groups in total. The average molecular weight is 714 g/mol. The van der Waals surface area contributed by atoms with Gasteiger partial charge in [0.15, 0.2) is 0 Å². The highest BCUT2D eigenvalue weighted by molar-refractivity contribution is 8.02. The third-order valence-corrected chi connectivity index (χ3v) is 10.4. The number of nitrogens with one attached hydrogen (secondary N) is 1. The highest BCUT2D eigenvalue weighted by Crippen LogP contribution is 2.48. The molecule has 4 aromatic carbocycles. The quantitative estimate of drug-likeness (QED) is 0.0998. The van der Waals surface area contributed by atoms with Gasteiger partial charge in [-0.3, -0.25) is 4.79 Å². The van der Waals surface area contributed by atoms with Gasteiger partial charge in [0.1, 0.15) is 17.6 Å². The van der Waals surface area contributed by atoms with Crippen LogP contribution >= 0.6 is 47.2 Å². The fraction of sp³-hybridized carbons (Fsp3) is 0.278. The summed E-state index contributed by atoms with van der Waals surface area (Å²) in [5.74, 6) is 0.721. The number of aliphatic carboxylic acids is 1. The third-order valence-electron chi connectivity index (χ3n) is 7.91. The van der Waals surface area contributed by atoms with Gasteiger partial charge in [-0.15, -0.1) is 11.8 Å². The largest absolute Gasteiger partial charge is 0.496 e. The molecule has 7 nitrogen and oxygen atoms in total. The number of thioether (sulfide) groups is 1. The highest BCUT2D eigenvalue weighted by Gasteiger charge is 2.32. The molecular weight excluding hydrogens is 675 g/mol. The lowest BCUT2D eigenvalue weighted by Crippen LogP contribution is -2.24. The van der Waals surface area contributed by atoms with Crippen molar-refractivity contribution in [2.45, 2.75) is 49.7 Å². The molecule has 0 saturated carbocycles. The summed E-state index contributed by atoms with van der Waals surface area (Å²) in [5.41, 5.74) is 12.9. The molecule has 4 aromatic rings. The van der Waals surface area contributed by atoms with E-state index in [1.54, 1.807) is 44.2 Å². The summed E-state index contributed by atoms with van der Waals surface area (Å²) < 4.78 is 10.9. The van der Waals surface area contributed by atoms with E-state index < -0.39 is 12.1 Å². The van der Waals surface area contributed by atoms with Crippen LogP contribution in [0.5, 0.6) is 11.5 Å². The number of carboxylic acid groups (broad SMARTS) is 1. The molecule has 5 rings (SSSR count). The molecule has 3 atom stereocenters. The number of nitrogens with two attached hydrogens (primary N) is 1. The Morgan fingerprint density at radius 2 is 1.53 bits per heavy atom. The van der Waals surface area contributed by atoms with E-state index in [2.05, 4.69) is 18.3 Å². The van der Waals surface area contributed by atoms with Crippen molar-refractivity contribution in [2.75, 3.05) is 25.3 Å². The standard InChI is InChI=1S/C20H20ClNO3S2.C16H18ClNO2/c1-3-12-13(5-4-6-16(12)25-2)19-14-9-11(21)7-8-15(14)22-20(26)17(27-19)10-18(23)24;1-3-11-12(5-4-6-15(11)20-2)16(19)13-9-10(17)7-8-14(13)18/h4-9,17,19H,3,10H2,1-2H3,(H,22,26)(H,23,24);4-9,16,19H,3,18H2,1-2H3/t17-,19-;/m0./s1. The minimum absolute atomic E-state index is 0.0415. The molecule has 0 radical (unpaired) electrons. The first-order valence-electron chi connectivity index (χ1n) is 15.0. The van der Waals surface area contributed by atoms with Crippen molar-refractivity contribution < 1.29 is 24.5 Å². The van der Waals surface area contributed by atoms with Crippen LogP contribution in [0.15, 0.2) is 72.8 Å². The van der Waals surface area contributed by atoms with E-state index in [4.69, 9.17) is 50.6 Å². The number of anilines is 2. The van der Waals surface area contributed by atoms with Gasteiger partial charge in [-0.2, -0.15) is 0 Å². The topological polar surface area (TPSA) is 114 Å². The second-order valence-electron chi connectivity index (χ2n) is 10.8. The van der Waals surface area contributed by atoms with E-state index in [0.717, 1.165) is 57.8 Å². The molecule has 1 aliphatic heterocycles. The number of aliphatic hydroxyl groups excluding tert-OH is 1. The molecule has 0 amide bonds. The maximum absolute atomic E-state index is 11.4. The van der Waals surface area contributed by atoms with Gasteiger partial charge in [-0.05, 0) is 89.2 Å². The average Bonchev–Trinajstić information content (AvgIpc) is 3.19. The SMILES string of the molecule is CCc1c(OC)cccc1C(O)c1cc(Cl)ccc1N.CCc1c(OC)cccc1[C@@H]1S[C@@H](CC(=O)O)C(=S)Nc2ccc(Cl)cc21. The van der Waals surface area contributed by atoms with Gasteiger partial charge in [0.05, 0.1) is 36.1 Å². The Kier molecular flexibility index (Phi) is 12.8. The van der Waals surface area contributed by atoms with Crippen molar-refractivity contribution >= 4 is 69.5 Å². The van der Waals surface area contributed by atoms with Crippen LogP contribution in [0.25, 0.3) is 0 Å². The van der Waals surface area contributed by atoms with Crippen LogP contribution in [0.2, 0.25) is 10.0 Å². The number of carbonyl (C=O) groups is 1. The van der Waals surface area contributed by atoms with Gasteiger partial charge >= 0.3 is 5.97 Å². The Hall–Kier alpha value is -3.47. The van der Waals surface area contributed by atoms with Crippen LogP contribution in [0.4, 0.5) is 11.4 Å². The van der Waals surface area contributed by atoms with E-state index in [1.807, 2.05) is 55.5 Å². The summed E-state index contributed by atoms with van der Waals surface area (Å²) in [5, 5.41) is 23.9. The van der Waals surface area contributed by atoms with Crippen molar-refractivity contribution in [3.63, 3.8) is 0 Å². The lowest BCUT2D eigenvalue weighted by atomic mass is 9.94. The maximum Gasteiger partial charge on any atom is 0.304 e. The Balaban J connectivity index is 0.000000223. The number of halogens is 2. The van der Waals surface area contributed by atoms with E-state index in [0.29, 0.717) is 26.3 Å². The second kappa shape index (κ2) is 16.6. The van der Waals surface area contributed by atoms with Crippen molar-refractivity contribution in [3.8, 4) is 11.5 Å². The summed E-state index contributed by atoms with van der Waals surface area (Å²) in [6.07, 6.45) is 0.698. The van der Waals surface area contributed by atoms with Gasteiger partial charge in [0.25, 0.3) is 0 Å². The summed E-state index contributed by atoms with van der Waals surface area (Å²) in [4.78, 5) is 11.9. The number of hydrogen-bond acceptors (Lipinski definition) is 7. The molecule has 0 aliphatic carbocycles. The molecule has 1 unspecified atom stereocenters. The molecule has 47 heavy (non-hydrogen) atoms. The smallest absolute Gasteiger partial charge is 0.304 e. The van der Waals surface area contributed by atoms with Gasteiger partial charge in [-0.25, -0.2) is 0 Å². The lowest BCUT2D eigenvalue weighted by Gasteiger charge is -2.23. The lowest BCUT2D eigenvalue weighted by molar-refractivity contribution is -0.136. The van der Waals surface area contributed by atoms with Crippen LogP contribution in [-0.4, -0.2) is 40.6 Å². The number of nitrogen functional groups attached to an aromatic ring is 1. The zero-order valence-electron chi connectivity index (χ0n) is 26.6. The second-order valence-corrected chi connectivity index (χ2v) is 13.4. The molecule has 1 aliphatic rings. The molecule has 0 aromatic heterocycles. The summed E-state index contributed by atoms with van der Waals surface area (Å²) in [6.45, 7) is 4.11. The van der Waals surface area contributed by atoms with Gasteiger partial charge in [0, 0.05) is 27.0 Å². The monoisotopic (exact) mass is 712 g/mol. The number of ether oxygens (including phenoxy) is 2. The zero-order valence-corrected chi connectivity index (χ0v) is 29.7. The molecule has 0 saturated heterocycles. The number of hydrogen-bond donors (Lipinski definition) is 4. The van der Waals surface area contributed by atoms with Gasteiger partial charge < -0.3 is 30.7 Å². The van der Waals surface area contributed by atoms with Crippen molar-refractivity contribution in [3.05, 3.63) is 116 Å². The summed E-state index contributed by atoms with van der Waals surface area (Å²) >= 11 is 19.3. The molecule has 248 valence electrons. The van der Waals surface area contributed by atoms with E-state index in [1.165, 1.54) is 0 Å². The predicted molar refractivity (Wildman–Crippen MR) is 198 cm³/mol. The number of thiocarbonyl (C=S) groups is 1. The van der Waals surface area contributed by atoms with E-state index >= 15 is 0 Å². The van der Waals surface area contributed by atoms with Crippen LogP contribution in [0, 0.1) is 0 Å². The number of fused-ring (bicyclic) bond motifs is 1. The number of benzene rings is 4. The first-order valence-corrected chi connectivity index (χ1v) is 17.2. The van der Waals surface area contributed by atoms with Gasteiger partial charge in [0.2, 0.25) is 0 Å². The molecule has 0 spiro atoms. The molecule has 11 heteroatoms. The normalized spacial score (nSPS) is 16.1. The predicted octanol–water partition coefficient (Wildman–Crippen LogP) is 8.90. The van der Waals surface area contributed by atoms with Crippen LogP contribution in [0.1, 0.15) is 65.0 Å². The number of rotatable bonds is 9. The molecule has 0 fully saturated rings. The highest BCUT2D eigenvalue weighted by atomic mass is 35.5. The number of methoxy groups -OCH3 is 2. The number of carboxylic acids is 1. The Morgan fingerprint density at radius 1 is 0.915 bits per heavy atom. The summed E-state index contributed by atoms with van der Waals surface area (Å²) in [7, 11) is 3.28. The van der Waals surface area contributed by atoms with Crippen molar-refractivity contribution in [1.29, 1.82) is 0 Å². The minimum Gasteiger partial charge on any atom is -0.496 e. The minimum atomic E-state index is -0.874. The van der Waals surface area contributed by atoms with E-state index in [-0.39, 0.29) is 16.9 Å². The fourth-order valence-electron chi connectivity index (χ4n) is 5.67. The third kappa shape index (κ3) is 8.52. The van der Waals surface area contributed by atoms with Crippen LogP contribution < -0.4 is 20.5 Å². The Bertz CT molecular complexity index is 1750. The molecule has 0 bridgehead atoms. The van der Waals surface area contributed by atoms with Crippen LogP contribution in [-0.2, 0) is 17.6 Å². The Morgan fingerprint density at radius 3 is 2.17 bits per heavy atom. The molecule has 1 heterocycles. The number of aliphatic hydroxyl groups is 1. The zero-order chi connectivity index (χ0) is 34.2. The molecular formula is C36H38Cl2N2O5S2. The fourth-order valence-corrected chi connectivity index (χ4v) is 7.85. The van der Waals surface area contributed by atoms with Crippen molar-refractivity contribution in [2.24, 2.45) is 0 Å². The van der Waals surface area contributed by atoms with E-state index in [9.17, 15) is 15.0 Å². The maximum atomic E-state index is 11.4.